The first-order chi connectivity index (χ1) is 16.8. The predicted molar refractivity (Wildman–Crippen MR) is 129 cm³/mol. The molecule has 0 amide bonds. The predicted octanol–water partition coefficient (Wildman–Crippen LogP) is 3.61. The van der Waals surface area contributed by atoms with Crippen molar-refractivity contribution in [3.8, 4) is 11.6 Å². The van der Waals surface area contributed by atoms with E-state index in [1.165, 1.54) is 16.4 Å². The molecule has 0 spiro atoms. The van der Waals surface area contributed by atoms with Crippen molar-refractivity contribution in [3.63, 3.8) is 0 Å². The topological polar surface area (TPSA) is 84.9 Å². The van der Waals surface area contributed by atoms with E-state index in [1.54, 1.807) is 31.2 Å². The van der Waals surface area contributed by atoms with Crippen molar-refractivity contribution < 1.29 is 22.3 Å². The van der Waals surface area contributed by atoms with Crippen LogP contribution in [0.1, 0.15) is 22.4 Å². The fourth-order valence-corrected chi connectivity index (χ4v) is 5.77. The molecule has 0 N–H and O–H groups in total. The average Bonchev–Trinajstić information content (AvgIpc) is 2.86. The fraction of sp³-hybridized carbons (Fsp3) is 0.360. The molecule has 2 aromatic carbocycles. The lowest BCUT2D eigenvalue weighted by Gasteiger charge is -2.31. The maximum Gasteiger partial charge on any atom is 0.243 e. The number of fused-ring (bicyclic) bond motifs is 1. The van der Waals surface area contributed by atoms with Crippen LogP contribution in [0.25, 0.3) is 0 Å². The average molecular weight is 499 g/mol. The monoisotopic (exact) mass is 498 g/mol. The van der Waals surface area contributed by atoms with E-state index < -0.39 is 10.0 Å². The van der Waals surface area contributed by atoms with E-state index in [1.807, 2.05) is 17.9 Å². The van der Waals surface area contributed by atoms with Crippen LogP contribution in [0.15, 0.2) is 47.4 Å². The van der Waals surface area contributed by atoms with E-state index in [-0.39, 0.29) is 23.1 Å². The van der Waals surface area contributed by atoms with Crippen LogP contribution in [0.2, 0.25) is 0 Å². The van der Waals surface area contributed by atoms with Crippen LogP contribution in [0.5, 0.6) is 11.6 Å². The Morgan fingerprint density at radius 1 is 1.03 bits per heavy atom. The quantitative estimate of drug-likeness (QED) is 0.531. The molecule has 2 aliphatic heterocycles. The van der Waals surface area contributed by atoms with Crippen LogP contribution >= 0.6 is 0 Å². The highest BCUT2D eigenvalue weighted by atomic mass is 32.2. The van der Waals surface area contributed by atoms with Gasteiger partial charge < -0.3 is 14.4 Å². The summed E-state index contributed by atoms with van der Waals surface area (Å²) >= 11 is 0. The van der Waals surface area contributed by atoms with Gasteiger partial charge >= 0.3 is 0 Å². The first kappa shape index (κ1) is 23.7. The summed E-state index contributed by atoms with van der Waals surface area (Å²) in [5.74, 6) is 0.908. The third-order valence-electron chi connectivity index (χ3n) is 6.24. The van der Waals surface area contributed by atoms with E-state index in [0.717, 1.165) is 11.3 Å². The lowest BCUT2D eigenvalue weighted by Crippen LogP contribution is -2.39. The molecule has 3 heterocycles. The van der Waals surface area contributed by atoms with Crippen LogP contribution in [0.3, 0.4) is 0 Å². The minimum Gasteiger partial charge on any atom is -0.438 e. The van der Waals surface area contributed by atoms with Gasteiger partial charge in [-0.25, -0.2) is 17.8 Å². The van der Waals surface area contributed by atoms with Gasteiger partial charge in [-0.15, -0.1) is 0 Å². The molecule has 5 rings (SSSR count). The van der Waals surface area contributed by atoms with Gasteiger partial charge in [0.2, 0.25) is 21.9 Å². The smallest absolute Gasteiger partial charge is 0.243 e. The molecular weight excluding hydrogens is 471 g/mol. The van der Waals surface area contributed by atoms with Crippen molar-refractivity contribution in [1.82, 2.24) is 14.3 Å². The third kappa shape index (κ3) is 4.86. The van der Waals surface area contributed by atoms with Gasteiger partial charge in [-0.05, 0) is 55.3 Å². The van der Waals surface area contributed by atoms with Gasteiger partial charge in [0.05, 0.1) is 29.4 Å². The number of aromatic nitrogens is 2. The summed E-state index contributed by atoms with van der Waals surface area (Å²) in [6.07, 6.45) is 0.430. The Bertz CT molecular complexity index is 1360. The van der Waals surface area contributed by atoms with Gasteiger partial charge in [0.25, 0.3) is 0 Å². The molecule has 1 fully saturated rings. The fourth-order valence-electron chi connectivity index (χ4n) is 4.26. The van der Waals surface area contributed by atoms with Crippen molar-refractivity contribution in [2.75, 3.05) is 37.7 Å². The number of morpholine rings is 1. The molecule has 3 aromatic rings. The molecule has 8 nitrogen and oxygen atoms in total. The highest BCUT2D eigenvalue weighted by Gasteiger charge is 2.32. The van der Waals surface area contributed by atoms with Gasteiger partial charge in [-0.3, -0.25) is 0 Å². The zero-order valence-corrected chi connectivity index (χ0v) is 20.5. The molecule has 35 heavy (non-hydrogen) atoms. The maximum absolute atomic E-state index is 13.8. The summed E-state index contributed by atoms with van der Waals surface area (Å²) in [5.41, 5.74) is 2.69. The minimum absolute atomic E-state index is 0.0878. The Labute approximate surface area is 204 Å². The number of anilines is 1. The lowest BCUT2D eigenvalue weighted by molar-refractivity contribution is 0.122. The number of rotatable bonds is 5. The van der Waals surface area contributed by atoms with Gasteiger partial charge in [0, 0.05) is 32.6 Å². The summed E-state index contributed by atoms with van der Waals surface area (Å²) in [4.78, 5) is 11.7. The van der Waals surface area contributed by atoms with Gasteiger partial charge in [0.1, 0.15) is 11.6 Å². The summed E-state index contributed by atoms with van der Waals surface area (Å²) in [6, 6.07) is 11.4. The molecular formula is C25H27FN4O4S. The first-order valence-electron chi connectivity index (χ1n) is 11.5. The number of aryl methyl sites for hydroxylation is 2. The highest BCUT2D eigenvalue weighted by Crippen LogP contribution is 2.34. The highest BCUT2D eigenvalue weighted by molar-refractivity contribution is 7.89. The van der Waals surface area contributed by atoms with Gasteiger partial charge in [0.15, 0.2) is 0 Å². The van der Waals surface area contributed by atoms with E-state index in [4.69, 9.17) is 14.5 Å². The summed E-state index contributed by atoms with van der Waals surface area (Å²) in [5, 5.41) is 0. The van der Waals surface area contributed by atoms with E-state index in [0.29, 0.717) is 62.1 Å². The van der Waals surface area contributed by atoms with Crippen LogP contribution in [0.4, 0.5) is 10.3 Å². The Morgan fingerprint density at radius 2 is 1.83 bits per heavy atom. The Kier molecular flexibility index (Phi) is 6.43. The Hall–Kier alpha value is -3.08. The Balaban J connectivity index is 1.53. The Morgan fingerprint density at radius 3 is 2.57 bits per heavy atom. The van der Waals surface area contributed by atoms with Crippen LogP contribution in [0, 0.1) is 19.7 Å². The number of benzene rings is 2. The largest absolute Gasteiger partial charge is 0.438 e. The SMILES string of the molecule is Cc1cccc(S(=O)(=O)N2CCc3nc(N4CCOCC4)nc(Oc4ccc(F)c(C)c4)c3C2)c1. The van der Waals surface area contributed by atoms with E-state index in [2.05, 4.69) is 4.98 Å². The molecule has 0 bridgehead atoms. The number of sulfonamides is 1. The number of nitrogens with zero attached hydrogens (tertiary/aromatic N) is 4. The van der Waals surface area contributed by atoms with Gasteiger partial charge in [-0.2, -0.15) is 9.29 Å². The summed E-state index contributed by atoms with van der Waals surface area (Å²) in [7, 11) is -3.71. The van der Waals surface area contributed by atoms with Crippen molar-refractivity contribution in [3.05, 3.63) is 70.7 Å². The van der Waals surface area contributed by atoms with Crippen LogP contribution < -0.4 is 9.64 Å². The molecule has 0 aliphatic carbocycles. The first-order valence-corrected chi connectivity index (χ1v) is 13.0. The van der Waals surface area contributed by atoms with E-state index >= 15 is 0 Å². The van der Waals surface area contributed by atoms with Crippen molar-refractivity contribution in [2.45, 2.75) is 31.7 Å². The van der Waals surface area contributed by atoms with Gasteiger partial charge in [-0.1, -0.05) is 12.1 Å². The molecule has 10 heteroatoms. The second-order valence-electron chi connectivity index (χ2n) is 8.77. The second-order valence-corrected chi connectivity index (χ2v) is 10.7. The third-order valence-corrected chi connectivity index (χ3v) is 8.08. The maximum atomic E-state index is 13.8. The lowest BCUT2D eigenvalue weighted by atomic mass is 10.1. The van der Waals surface area contributed by atoms with Crippen molar-refractivity contribution >= 4 is 16.0 Å². The molecule has 184 valence electrons. The van der Waals surface area contributed by atoms with E-state index in [9.17, 15) is 12.8 Å². The molecule has 2 aliphatic rings. The standard InChI is InChI=1S/C25H27FN4O4S/c1-17-4-3-5-20(14-17)35(31,32)30-9-8-23-21(16-30)24(34-19-6-7-22(26)18(2)15-19)28-25(27-23)29-10-12-33-13-11-29/h3-7,14-15H,8-13,16H2,1-2H3. The number of hydrogen-bond acceptors (Lipinski definition) is 7. The zero-order chi connectivity index (χ0) is 24.6. The second kappa shape index (κ2) is 9.52. The zero-order valence-electron chi connectivity index (χ0n) is 19.7. The number of hydrogen-bond donors (Lipinski definition) is 0. The van der Waals surface area contributed by atoms with Crippen LogP contribution in [-0.2, 0) is 27.7 Å². The molecule has 1 saturated heterocycles. The summed E-state index contributed by atoms with van der Waals surface area (Å²) < 4.78 is 53.6. The normalized spacial score (nSPS) is 16.7. The minimum atomic E-state index is -3.71. The number of halogens is 1. The number of ether oxygens (including phenoxy) is 2. The molecule has 0 atom stereocenters. The summed E-state index contributed by atoms with van der Waals surface area (Å²) in [6.45, 7) is 6.38. The molecule has 0 saturated carbocycles. The molecule has 1 aromatic heterocycles. The molecule has 0 radical (unpaired) electrons. The van der Waals surface area contributed by atoms with Crippen LogP contribution in [-0.4, -0.2) is 55.5 Å². The van der Waals surface area contributed by atoms with Crippen molar-refractivity contribution in [2.24, 2.45) is 0 Å². The molecule has 0 unspecified atom stereocenters. The van der Waals surface area contributed by atoms with Crippen molar-refractivity contribution in [1.29, 1.82) is 0 Å².